The summed E-state index contributed by atoms with van der Waals surface area (Å²) >= 11 is 1.30. The Balaban J connectivity index is 3.25. The Hall–Kier alpha value is -0.180. The van der Waals surface area contributed by atoms with Crippen LogP contribution >= 0.6 is 11.8 Å². The van der Waals surface area contributed by atoms with Crippen molar-refractivity contribution in [2.45, 2.75) is 19.1 Å². The van der Waals surface area contributed by atoms with Crippen LogP contribution in [0.1, 0.15) is 13.8 Å². The monoisotopic (exact) mass is 133 g/mol. The van der Waals surface area contributed by atoms with E-state index in [9.17, 15) is 4.79 Å². The standard InChI is InChI=1S/C5H11NOS/c1-4(2)8-5(7)6-3/h4H,1-3H3,(H,6,7). The summed E-state index contributed by atoms with van der Waals surface area (Å²) in [6, 6.07) is 0. The highest BCUT2D eigenvalue weighted by Gasteiger charge is 1.99. The molecule has 0 heterocycles. The van der Waals surface area contributed by atoms with Crippen molar-refractivity contribution in [1.82, 2.24) is 5.32 Å². The molecule has 0 fully saturated rings. The van der Waals surface area contributed by atoms with Gasteiger partial charge in [0.1, 0.15) is 0 Å². The molecule has 0 aromatic heterocycles. The Morgan fingerprint density at radius 3 is 2.25 bits per heavy atom. The Bertz CT molecular complexity index is 82.5. The lowest BCUT2D eigenvalue weighted by Crippen LogP contribution is -2.13. The molecule has 0 unspecified atom stereocenters. The third kappa shape index (κ3) is 3.99. The lowest BCUT2D eigenvalue weighted by molar-refractivity contribution is 0.262. The molecule has 0 atom stereocenters. The predicted molar refractivity (Wildman–Crippen MR) is 37.2 cm³/mol. The van der Waals surface area contributed by atoms with Crippen molar-refractivity contribution in [3.05, 3.63) is 0 Å². The first kappa shape index (κ1) is 7.82. The Labute approximate surface area is 54.0 Å². The summed E-state index contributed by atoms with van der Waals surface area (Å²) < 4.78 is 0. The molecule has 0 aliphatic rings. The van der Waals surface area contributed by atoms with Crippen LogP contribution in [0.25, 0.3) is 0 Å². The van der Waals surface area contributed by atoms with Crippen LogP contribution in [0.15, 0.2) is 0 Å². The molecule has 0 rings (SSSR count). The topological polar surface area (TPSA) is 29.1 Å². The molecule has 0 radical (unpaired) electrons. The minimum absolute atomic E-state index is 0.0417. The molecule has 0 aromatic rings. The van der Waals surface area contributed by atoms with E-state index in [-0.39, 0.29) is 5.24 Å². The zero-order valence-electron chi connectivity index (χ0n) is 5.39. The maximum Gasteiger partial charge on any atom is 0.279 e. The fourth-order valence-corrected chi connectivity index (χ4v) is 0.819. The molecule has 0 saturated heterocycles. The lowest BCUT2D eigenvalue weighted by atomic mass is 10.6. The van der Waals surface area contributed by atoms with Gasteiger partial charge in [0.15, 0.2) is 0 Å². The van der Waals surface area contributed by atoms with Gasteiger partial charge in [-0.1, -0.05) is 25.6 Å². The molecule has 3 heteroatoms. The maximum absolute atomic E-state index is 10.5. The normalized spacial score (nSPS) is 9.50. The Morgan fingerprint density at radius 2 is 2.12 bits per heavy atom. The van der Waals surface area contributed by atoms with Crippen LogP contribution in [0.5, 0.6) is 0 Å². The molecule has 0 aliphatic carbocycles. The third-order valence-electron chi connectivity index (χ3n) is 0.547. The SMILES string of the molecule is CNC(=O)SC(C)C. The molecule has 0 saturated carbocycles. The number of hydrogen-bond acceptors (Lipinski definition) is 2. The van der Waals surface area contributed by atoms with Crippen LogP contribution in [-0.4, -0.2) is 17.5 Å². The summed E-state index contributed by atoms with van der Waals surface area (Å²) in [7, 11) is 1.64. The molecule has 8 heavy (non-hydrogen) atoms. The number of carbonyl (C=O) groups is 1. The second-order valence-electron chi connectivity index (χ2n) is 1.70. The maximum atomic E-state index is 10.5. The number of carbonyl (C=O) groups excluding carboxylic acids is 1. The van der Waals surface area contributed by atoms with Gasteiger partial charge in [-0.05, 0) is 0 Å². The highest BCUT2D eigenvalue weighted by Crippen LogP contribution is 2.08. The quantitative estimate of drug-likeness (QED) is 0.587. The molecule has 0 aliphatic heterocycles. The smallest absolute Gasteiger partial charge is 0.279 e. The highest BCUT2D eigenvalue weighted by atomic mass is 32.2. The van der Waals surface area contributed by atoms with Crippen LogP contribution < -0.4 is 5.32 Å². The van der Waals surface area contributed by atoms with Crippen LogP contribution in [0, 0.1) is 0 Å². The molecule has 2 nitrogen and oxygen atoms in total. The molecular weight excluding hydrogens is 122 g/mol. The van der Waals surface area contributed by atoms with Crippen molar-refractivity contribution < 1.29 is 4.79 Å². The van der Waals surface area contributed by atoms with Gasteiger partial charge in [-0.3, -0.25) is 4.79 Å². The van der Waals surface area contributed by atoms with Crippen molar-refractivity contribution in [1.29, 1.82) is 0 Å². The molecule has 0 bridgehead atoms. The average Bonchev–Trinajstić information content (AvgIpc) is 1.65. The van der Waals surface area contributed by atoms with E-state index in [2.05, 4.69) is 5.32 Å². The van der Waals surface area contributed by atoms with E-state index >= 15 is 0 Å². The van der Waals surface area contributed by atoms with Gasteiger partial charge in [-0.15, -0.1) is 0 Å². The van der Waals surface area contributed by atoms with Crippen LogP contribution in [0.3, 0.4) is 0 Å². The first-order chi connectivity index (χ1) is 3.66. The fourth-order valence-electron chi connectivity index (χ4n) is 0.273. The highest BCUT2D eigenvalue weighted by molar-refractivity contribution is 8.14. The van der Waals surface area contributed by atoms with Crippen molar-refractivity contribution >= 4 is 17.0 Å². The van der Waals surface area contributed by atoms with E-state index in [0.717, 1.165) is 0 Å². The third-order valence-corrected chi connectivity index (χ3v) is 1.44. The first-order valence-electron chi connectivity index (χ1n) is 2.55. The van der Waals surface area contributed by atoms with Gasteiger partial charge in [0, 0.05) is 12.3 Å². The molecule has 1 amide bonds. The van der Waals surface area contributed by atoms with E-state index in [1.807, 2.05) is 13.8 Å². The zero-order valence-corrected chi connectivity index (χ0v) is 6.21. The van der Waals surface area contributed by atoms with E-state index in [1.165, 1.54) is 11.8 Å². The zero-order chi connectivity index (χ0) is 6.57. The van der Waals surface area contributed by atoms with Crippen molar-refractivity contribution in [2.24, 2.45) is 0 Å². The number of amides is 1. The Morgan fingerprint density at radius 1 is 1.62 bits per heavy atom. The van der Waals surface area contributed by atoms with E-state index in [0.29, 0.717) is 5.25 Å². The summed E-state index contributed by atoms with van der Waals surface area (Å²) in [6.07, 6.45) is 0. The summed E-state index contributed by atoms with van der Waals surface area (Å²) in [4.78, 5) is 10.5. The van der Waals surface area contributed by atoms with Crippen LogP contribution in [-0.2, 0) is 0 Å². The van der Waals surface area contributed by atoms with Crippen LogP contribution in [0.4, 0.5) is 4.79 Å². The van der Waals surface area contributed by atoms with Gasteiger partial charge in [0.05, 0.1) is 0 Å². The van der Waals surface area contributed by atoms with Crippen molar-refractivity contribution in [2.75, 3.05) is 7.05 Å². The summed E-state index contributed by atoms with van der Waals surface area (Å²) in [6.45, 7) is 3.97. The van der Waals surface area contributed by atoms with Gasteiger partial charge in [-0.2, -0.15) is 0 Å². The summed E-state index contributed by atoms with van der Waals surface area (Å²) in [5.41, 5.74) is 0. The van der Waals surface area contributed by atoms with Gasteiger partial charge < -0.3 is 5.32 Å². The van der Waals surface area contributed by atoms with Gasteiger partial charge in [0.25, 0.3) is 5.24 Å². The second kappa shape index (κ2) is 3.78. The number of thioether (sulfide) groups is 1. The van der Waals surface area contributed by atoms with Crippen LogP contribution in [0.2, 0.25) is 0 Å². The minimum Gasteiger partial charge on any atom is -0.350 e. The van der Waals surface area contributed by atoms with Gasteiger partial charge in [-0.25, -0.2) is 0 Å². The molecule has 48 valence electrons. The lowest BCUT2D eigenvalue weighted by Gasteiger charge is -1.99. The molecular formula is C5H11NOS. The first-order valence-corrected chi connectivity index (χ1v) is 3.43. The second-order valence-corrected chi connectivity index (χ2v) is 3.25. The summed E-state index contributed by atoms with van der Waals surface area (Å²) in [5.74, 6) is 0. The van der Waals surface area contributed by atoms with E-state index in [4.69, 9.17) is 0 Å². The Kier molecular flexibility index (Phi) is 3.69. The minimum atomic E-state index is 0.0417. The van der Waals surface area contributed by atoms with E-state index < -0.39 is 0 Å². The average molecular weight is 133 g/mol. The number of rotatable bonds is 1. The summed E-state index contributed by atoms with van der Waals surface area (Å²) in [5, 5.41) is 2.95. The van der Waals surface area contributed by atoms with Crippen molar-refractivity contribution in [3.63, 3.8) is 0 Å². The van der Waals surface area contributed by atoms with Gasteiger partial charge in [0.2, 0.25) is 0 Å². The molecule has 0 spiro atoms. The molecule has 1 N–H and O–H groups in total. The van der Waals surface area contributed by atoms with Gasteiger partial charge >= 0.3 is 0 Å². The number of hydrogen-bond donors (Lipinski definition) is 1. The number of nitrogens with one attached hydrogen (secondary N) is 1. The molecule has 0 aromatic carbocycles. The van der Waals surface area contributed by atoms with E-state index in [1.54, 1.807) is 7.05 Å². The predicted octanol–water partition coefficient (Wildman–Crippen LogP) is 1.47. The van der Waals surface area contributed by atoms with Crippen molar-refractivity contribution in [3.8, 4) is 0 Å². The fraction of sp³-hybridized carbons (Fsp3) is 0.800. The largest absolute Gasteiger partial charge is 0.350 e.